The number of aryl methyl sites for hydroxylation is 1. The van der Waals surface area contributed by atoms with Crippen molar-refractivity contribution in [3.63, 3.8) is 0 Å². The molecule has 0 aliphatic heterocycles. The van der Waals surface area contributed by atoms with E-state index in [0.29, 0.717) is 18.7 Å². The number of aliphatic hydroxyl groups excluding tert-OH is 1. The van der Waals surface area contributed by atoms with Crippen molar-refractivity contribution in [2.75, 3.05) is 13.6 Å². The third-order valence-electron chi connectivity index (χ3n) is 3.98. The summed E-state index contributed by atoms with van der Waals surface area (Å²) in [5.41, 5.74) is 2.36. The summed E-state index contributed by atoms with van der Waals surface area (Å²) in [6.07, 6.45) is -0.0644. The van der Waals surface area contributed by atoms with Crippen molar-refractivity contribution in [1.29, 1.82) is 0 Å². The van der Waals surface area contributed by atoms with Gasteiger partial charge in [0.05, 0.1) is 11.8 Å². The molecule has 2 rings (SSSR count). The van der Waals surface area contributed by atoms with Crippen LogP contribution in [0, 0.1) is 0 Å². The molecule has 0 spiro atoms. The summed E-state index contributed by atoms with van der Waals surface area (Å²) in [5, 5.41) is 14.6. The van der Waals surface area contributed by atoms with Crippen LogP contribution < -0.4 is 0 Å². The lowest BCUT2D eigenvalue weighted by Crippen LogP contribution is -2.30. The summed E-state index contributed by atoms with van der Waals surface area (Å²) in [6.45, 7) is 4.59. The average molecular weight is 315 g/mol. The Balaban J connectivity index is 1.98. The number of carbonyl (C=O) groups excluding carboxylic acids is 1. The zero-order valence-corrected chi connectivity index (χ0v) is 14.2. The van der Waals surface area contributed by atoms with Gasteiger partial charge in [0.15, 0.2) is 0 Å². The van der Waals surface area contributed by atoms with Crippen LogP contribution in [0.3, 0.4) is 0 Å². The first kappa shape index (κ1) is 17.2. The standard InChI is InChI=1S/C18H25N3O2/c1-13(2)15-12-16(21(4)19-15)18(23)20(3)11-10-17(22)14-8-6-5-7-9-14/h5-9,12-13,17,22H,10-11H2,1-4H3/t17-/m0/s1. The molecule has 0 aliphatic carbocycles. The van der Waals surface area contributed by atoms with Crippen molar-refractivity contribution in [2.24, 2.45) is 7.05 Å². The molecule has 0 saturated heterocycles. The first-order valence-electron chi connectivity index (χ1n) is 7.92. The van der Waals surface area contributed by atoms with Gasteiger partial charge in [-0.2, -0.15) is 5.10 Å². The first-order valence-corrected chi connectivity index (χ1v) is 7.92. The molecule has 1 aromatic heterocycles. The van der Waals surface area contributed by atoms with Crippen molar-refractivity contribution in [3.8, 4) is 0 Å². The van der Waals surface area contributed by atoms with Gasteiger partial charge < -0.3 is 10.0 Å². The molecule has 2 aromatic rings. The predicted molar refractivity (Wildman–Crippen MR) is 90.3 cm³/mol. The summed E-state index contributed by atoms with van der Waals surface area (Å²) in [4.78, 5) is 14.2. The number of rotatable bonds is 6. The maximum atomic E-state index is 12.5. The Labute approximate surface area is 137 Å². The van der Waals surface area contributed by atoms with Gasteiger partial charge in [-0.15, -0.1) is 0 Å². The molecule has 0 unspecified atom stereocenters. The lowest BCUT2D eigenvalue weighted by atomic mass is 10.1. The summed E-state index contributed by atoms with van der Waals surface area (Å²) >= 11 is 0. The van der Waals surface area contributed by atoms with Gasteiger partial charge in [-0.1, -0.05) is 44.2 Å². The number of hydrogen-bond acceptors (Lipinski definition) is 3. The van der Waals surface area contributed by atoms with E-state index in [1.54, 1.807) is 23.7 Å². The van der Waals surface area contributed by atoms with Crippen LogP contribution in [0.15, 0.2) is 36.4 Å². The molecule has 0 radical (unpaired) electrons. The largest absolute Gasteiger partial charge is 0.388 e. The highest BCUT2D eigenvalue weighted by Gasteiger charge is 2.19. The lowest BCUT2D eigenvalue weighted by Gasteiger charge is -2.19. The monoisotopic (exact) mass is 315 g/mol. The van der Waals surface area contributed by atoms with Crippen LogP contribution in [0.2, 0.25) is 0 Å². The van der Waals surface area contributed by atoms with E-state index >= 15 is 0 Å². The zero-order chi connectivity index (χ0) is 17.0. The van der Waals surface area contributed by atoms with E-state index in [1.165, 1.54) is 0 Å². The van der Waals surface area contributed by atoms with Crippen LogP contribution >= 0.6 is 0 Å². The molecule has 5 heteroatoms. The van der Waals surface area contributed by atoms with E-state index in [2.05, 4.69) is 18.9 Å². The highest BCUT2D eigenvalue weighted by atomic mass is 16.3. The van der Waals surface area contributed by atoms with Crippen LogP contribution in [-0.2, 0) is 7.05 Å². The average Bonchev–Trinajstić information content (AvgIpc) is 2.94. The van der Waals surface area contributed by atoms with E-state index in [4.69, 9.17) is 0 Å². The molecule has 0 fully saturated rings. The molecule has 0 bridgehead atoms. The molecule has 1 amide bonds. The second-order valence-corrected chi connectivity index (χ2v) is 6.17. The Morgan fingerprint density at radius 3 is 2.52 bits per heavy atom. The molecule has 5 nitrogen and oxygen atoms in total. The first-order chi connectivity index (χ1) is 10.9. The van der Waals surface area contributed by atoms with Crippen LogP contribution in [-0.4, -0.2) is 39.3 Å². The van der Waals surface area contributed by atoms with Crippen molar-refractivity contribution in [2.45, 2.75) is 32.3 Å². The SMILES string of the molecule is CC(C)c1cc(C(=O)N(C)CC[C@H](O)c2ccccc2)n(C)n1. The van der Waals surface area contributed by atoms with Crippen molar-refractivity contribution in [1.82, 2.24) is 14.7 Å². The molecule has 1 aromatic carbocycles. The van der Waals surface area contributed by atoms with Crippen molar-refractivity contribution >= 4 is 5.91 Å². The fraction of sp³-hybridized carbons (Fsp3) is 0.444. The van der Waals surface area contributed by atoms with E-state index in [9.17, 15) is 9.90 Å². The third kappa shape index (κ3) is 4.20. The van der Waals surface area contributed by atoms with Gasteiger partial charge in [-0.25, -0.2) is 0 Å². The van der Waals surface area contributed by atoms with Crippen LogP contribution in [0.5, 0.6) is 0 Å². The molecule has 23 heavy (non-hydrogen) atoms. The van der Waals surface area contributed by atoms with Crippen LogP contribution in [0.25, 0.3) is 0 Å². The minimum absolute atomic E-state index is 0.0767. The Hall–Kier alpha value is -2.14. The molecule has 1 heterocycles. The number of hydrogen-bond donors (Lipinski definition) is 1. The highest BCUT2D eigenvalue weighted by Crippen LogP contribution is 2.18. The van der Waals surface area contributed by atoms with Crippen LogP contribution in [0.4, 0.5) is 0 Å². The van der Waals surface area contributed by atoms with Gasteiger partial charge >= 0.3 is 0 Å². The normalized spacial score (nSPS) is 12.4. The predicted octanol–water partition coefficient (Wildman–Crippen LogP) is 2.74. The molecule has 1 N–H and O–H groups in total. The molecular formula is C18H25N3O2. The minimum atomic E-state index is -0.566. The van der Waals surface area contributed by atoms with Crippen LogP contribution in [0.1, 0.15) is 54.0 Å². The Bertz CT molecular complexity index is 650. The number of nitrogens with zero attached hydrogens (tertiary/aromatic N) is 3. The second kappa shape index (κ2) is 7.42. The van der Waals surface area contributed by atoms with Crippen molar-refractivity contribution < 1.29 is 9.90 Å². The number of carbonyl (C=O) groups is 1. The lowest BCUT2D eigenvalue weighted by molar-refractivity contribution is 0.0750. The fourth-order valence-electron chi connectivity index (χ4n) is 2.43. The van der Waals surface area contributed by atoms with Gasteiger partial charge in [0, 0.05) is 20.6 Å². The molecule has 1 atom stereocenters. The summed E-state index contributed by atoms with van der Waals surface area (Å²) in [5.74, 6) is 0.208. The molecule has 124 valence electrons. The Kier molecular flexibility index (Phi) is 5.55. The third-order valence-corrected chi connectivity index (χ3v) is 3.98. The molecule has 0 saturated carbocycles. The summed E-state index contributed by atoms with van der Waals surface area (Å²) < 4.78 is 1.63. The van der Waals surface area contributed by atoms with E-state index in [-0.39, 0.29) is 11.8 Å². The highest BCUT2D eigenvalue weighted by molar-refractivity contribution is 5.92. The number of amides is 1. The smallest absolute Gasteiger partial charge is 0.271 e. The van der Waals surface area contributed by atoms with Gasteiger partial charge in [-0.05, 0) is 24.0 Å². The Morgan fingerprint density at radius 1 is 1.30 bits per heavy atom. The fourth-order valence-corrected chi connectivity index (χ4v) is 2.43. The number of benzene rings is 1. The summed E-state index contributed by atoms with van der Waals surface area (Å²) in [6, 6.07) is 11.3. The quantitative estimate of drug-likeness (QED) is 0.891. The molecular weight excluding hydrogens is 290 g/mol. The van der Waals surface area contributed by atoms with Gasteiger partial charge in [0.1, 0.15) is 5.69 Å². The summed E-state index contributed by atoms with van der Waals surface area (Å²) in [7, 11) is 3.54. The Morgan fingerprint density at radius 2 is 1.96 bits per heavy atom. The maximum absolute atomic E-state index is 12.5. The van der Waals surface area contributed by atoms with Gasteiger partial charge in [-0.3, -0.25) is 9.48 Å². The zero-order valence-electron chi connectivity index (χ0n) is 14.2. The van der Waals surface area contributed by atoms with E-state index in [0.717, 1.165) is 11.3 Å². The maximum Gasteiger partial charge on any atom is 0.271 e. The molecule has 0 aliphatic rings. The topological polar surface area (TPSA) is 58.4 Å². The number of aromatic nitrogens is 2. The van der Waals surface area contributed by atoms with E-state index in [1.807, 2.05) is 36.4 Å². The number of aliphatic hydroxyl groups is 1. The van der Waals surface area contributed by atoms with Crippen molar-refractivity contribution in [3.05, 3.63) is 53.3 Å². The van der Waals surface area contributed by atoms with E-state index < -0.39 is 6.10 Å². The second-order valence-electron chi connectivity index (χ2n) is 6.17. The minimum Gasteiger partial charge on any atom is -0.388 e. The van der Waals surface area contributed by atoms with Gasteiger partial charge in [0.25, 0.3) is 5.91 Å². The van der Waals surface area contributed by atoms with Gasteiger partial charge in [0.2, 0.25) is 0 Å².